The van der Waals surface area contributed by atoms with Crippen LogP contribution in [0.25, 0.3) is 11.1 Å². The largest absolute Gasteiger partial charge is 0.496 e. The standard InChI is InChI=1S/C32H37Cl2N5O4/c1-42-30-16-29(36)28(34)15-27(30)31(40)37-17-24-19-38(11-12-43-24)18-20-7-9-39(10-8-20)32(41)25-6-5-23(35)14-26(25)21-3-2-4-22(33)13-21/h2-6,13-16,20,24H,7-12,17-19,35-36H2,1H3,(H,37,40). The van der Waals surface area contributed by atoms with Crippen LogP contribution < -0.4 is 21.5 Å². The minimum atomic E-state index is -0.295. The highest BCUT2D eigenvalue weighted by molar-refractivity contribution is 6.33. The summed E-state index contributed by atoms with van der Waals surface area (Å²) in [6, 6.07) is 16.0. The van der Waals surface area contributed by atoms with Crippen molar-refractivity contribution in [3.8, 4) is 16.9 Å². The molecule has 0 aromatic heterocycles. The van der Waals surface area contributed by atoms with Crippen molar-refractivity contribution >= 4 is 46.4 Å². The molecule has 0 saturated carbocycles. The van der Waals surface area contributed by atoms with Crippen molar-refractivity contribution in [2.24, 2.45) is 5.92 Å². The van der Waals surface area contributed by atoms with Crippen LogP contribution in [-0.4, -0.2) is 80.7 Å². The number of piperidine rings is 1. The number of hydrogen-bond donors (Lipinski definition) is 3. The molecule has 2 saturated heterocycles. The fourth-order valence-electron chi connectivity index (χ4n) is 5.78. The minimum Gasteiger partial charge on any atom is -0.496 e. The van der Waals surface area contributed by atoms with E-state index in [4.69, 9.17) is 44.1 Å². The number of hydrogen-bond acceptors (Lipinski definition) is 7. The Morgan fingerprint density at radius 3 is 2.56 bits per heavy atom. The molecule has 0 spiro atoms. The van der Waals surface area contributed by atoms with Crippen LogP contribution in [0.2, 0.25) is 10.0 Å². The number of likely N-dealkylation sites (tertiary alicyclic amines) is 1. The number of carbonyl (C=O) groups excluding carboxylic acids is 2. The maximum atomic E-state index is 13.6. The van der Waals surface area contributed by atoms with E-state index in [1.807, 2.05) is 41.3 Å². The highest BCUT2D eigenvalue weighted by Crippen LogP contribution is 2.31. The highest BCUT2D eigenvalue weighted by Gasteiger charge is 2.29. The van der Waals surface area contributed by atoms with E-state index in [1.54, 1.807) is 12.1 Å². The Morgan fingerprint density at radius 2 is 1.81 bits per heavy atom. The van der Waals surface area contributed by atoms with Gasteiger partial charge >= 0.3 is 0 Å². The van der Waals surface area contributed by atoms with Gasteiger partial charge in [0.25, 0.3) is 11.8 Å². The second-order valence-corrected chi connectivity index (χ2v) is 11.9. The number of nitrogens with zero attached hydrogens (tertiary/aromatic N) is 2. The fraction of sp³-hybridized carbons (Fsp3) is 0.375. The number of anilines is 2. The average molecular weight is 627 g/mol. The zero-order chi connectivity index (χ0) is 30.5. The van der Waals surface area contributed by atoms with Gasteiger partial charge in [-0.05, 0) is 66.3 Å². The van der Waals surface area contributed by atoms with Crippen molar-refractivity contribution in [2.45, 2.75) is 18.9 Å². The van der Waals surface area contributed by atoms with E-state index in [1.165, 1.54) is 13.2 Å². The Morgan fingerprint density at radius 1 is 1.02 bits per heavy atom. The molecule has 5 rings (SSSR count). The molecule has 11 heteroatoms. The maximum absolute atomic E-state index is 13.6. The Hall–Kier alpha value is -3.50. The molecule has 0 bridgehead atoms. The smallest absolute Gasteiger partial charge is 0.255 e. The number of halogens is 2. The molecule has 0 radical (unpaired) electrons. The molecule has 43 heavy (non-hydrogen) atoms. The summed E-state index contributed by atoms with van der Waals surface area (Å²) in [5.41, 5.74) is 15.5. The molecule has 228 valence electrons. The van der Waals surface area contributed by atoms with Gasteiger partial charge in [0.05, 0.1) is 36.1 Å². The second-order valence-electron chi connectivity index (χ2n) is 11.1. The van der Waals surface area contributed by atoms with Crippen LogP contribution in [0.3, 0.4) is 0 Å². The second kappa shape index (κ2) is 13.9. The maximum Gasteiger partial charge on any atom is 0.255 e. The summed E-state index contributed by atoms with van der Waals surface area (Å²) >= 11 is 12.4. The van der Waals surface area contributed by atoms with Gasteiger partial charge < -0.3 is 31.2 Å². The van der Waals surface area contributed by atoms with Crippen molar-refractivity contribution in [3.63, 3.8) is 0 Å². The molecule has 5 N–H and O–H groups in total. The van der Waals surface area contributed by atoms with E-state index in [2.05, 4.69) is 10.2 Å². The first-order valence-electron chi connectivity index (χ1n) is 14.4. The molecule has 1 unspecified atom stereocenters. The summed E-state index contributed by atoms with van der Waals surface area (Å²) in [5, 5.41) is 3.85. The molecule has 2 heterocycles. The number of rotatable bonds is 8. The van der Waals surface area contributed by atoms with Gasteiger partial charge in [0, 0.05) is 61.6 Å². The first kappa shape index (κ1) is 30.9. The summed E-state index contributed by atoms with van der Waals surface area (Å²) in [6.45, 7) is 4.82. The van der Waals surface area contributed by atoms with Crippen LogP contribution in [0, 0.1) is 5.92 Å². The SMILES string of the molecule is COc1cc(N)c(Cl)cc1C(=O)NCC1CN(CC2CCN(C(=O)c3ccc(N)cc3-c3cccc(Cl)c3)CC2)CCO1. The van der Waals surface area contributed by atoms with E-state index in [0.29, 0.717) is 77.0 Å². The number of methoxy groups -OCH3 is 1. The van der Waals surface area contributed by atoms with Crippen molar-refractivity contribution in [1.82, 2.24) is 15.1 Å². The van der Waals surface area contributed by atoms with Gasteiger partial charge in [-0.3, -0.25) is 14.5 Å². The number of ether oxygens (including phenoxy) is 2. The van der Waals surface area contributed by atoms with E-state index < -0.39 is 0 Å². The summed E-state index contributed by atoms with van der Waals surface area (Å²) in [7, 11) is 1.48. The normalized spacial score (nSPS) is 17.9. The topological polar surface area (TPSA) is 123 Å². The lowest BCUT2D eigenvalue weighted by Crippen LogP contribution is -2.50. The van der Waals surface area contributed by atoms with Crippen molar-refractivity contribution in [3.05, 3.63) is 75.8 Å². The third-order valence-electron chi connectivity index (χ3n) is 8.10. The van der Waals surface area contributed by atoms with Crippen LogP contribution in [0.4, 0.5) is 11.4 Å². The highest BCUT2D eigenvalue weighted by atomic mass is 35.5. The van der Waals surface area contributed by atoms with Crippen molar-refractivity contribution in [2.75, 3.05) is 64.5 Å². The molecule has 2 amide bonds. The summed E-state index contributed by atoms with van der Waals surface area (Å²) < 4.78 is 11.2. The first-order valence-corrected chi connectivity index (χ1v) is 15.2. The molecular weight excluding hydrogens is 589 g/mol. The van der Waals surface area contributed by atoms with Gasteiger partial charge in [-0.15, -0.1) is 0 Å². The number of benzene rings is 3. The predicted molar refractivity (Wildman–Crippen MR) is 171 cm³/mol. The number of morpholine rings is 1. The Labute approximate surface area is 262 Å². The molecular formula is C32H37Cl2N5O4. The summed E-state index contributed by atoms with van der Waals surface area (Å²) in [5.74, 6) is 0.552. The van der Waals surface area contributed by atoms with Crippen LogP contribution in [0.5, 0.6) is 5.75 Å². The third-order valence-corrected chi connectivity index (χ3v) is 8.67. The van der Waals surface area contributed by atoms with Crippen molar-refractivity contribution in [1.29, 1.82) is 0 Å². The van der Waals surface area contributed by atoms with Gasteiger partial charge in [-0.1, -0.05) is 35.3 Å². The fourth-order valence-corrected chi connectivity index (χ4v) is 6.14. The number of nitrogens with two attached hydrogens (primary N) is 2. The lowest BCUT2D eigenvalue weighted by Gasteiger charge is -2.38. The average Bonchev–Trinajstić information content (AvgIpc) is 3.01. The van der Waals surface area contributed by atoms with Gasteiger partial charge in [-0.2, -0.15) is 0 Å². The molecule has 2 fully saturated rings. The van der Waals surface area contributed by atoms with Crippen LogP contribution >= 0.6 is 23.2 Å². The summed E-state index contributed by atoms with van der Waals surface area (Å²) in [6.07, 6.45) is 1.71. The van der Waals surface area contributed by atoms with Crippen LogP contribution in [-0.2, 0) is 4.74 Å². The van der Waals surface area contributed by atoms with E-state index in [9.17, 15) is 9.59 Å². The summed E-state index contributed by atoms with van der Waals surface area (Å²) in [4.78, 5) is 30.8. The van der Waals surface area contributed by atoms with Crippen LogP contribution in [0.15, 0.2) is 54.6 Å². The van der Waals surface area contributed by atoms with Gasteiger partial charge in [0.15, 0.2) is 0 Å². The van der Waals surface area contributed by atoms with E-state index in [-0.39, 0.29) is 17.9 Å². The number of amides is 2. The molecule has 9 nitrogen and oxygen atoms in total. The predicted octanol–water partition coefficient (Wildman–Crippen LogP) is 4.82. The third kappa shape index (κ3) is 7.54. The zero-order valence-electron chi connectivity index (χ0n) is 24.2. The van der Waals surface area contributed by atoms with Crippen LogP contribution in [0.1, 0.15) is 33.6 Å². The van der Waals surface area contributed by atoms with E-state index in [0.717, 1.165) is 37.1 Å². The Balaban J connectivity index is 1.13. The Kier molecular flexibility index (Phi) is 9.97. The van der Waals surface area contributed by atoms with Gasteiger partial charge in [0.1, 0.15) is 5.75 Å². The molecule has 1 atom stereocenters. The molecule has 2 aliphatic rings. The Bertz CT molecular complexity index is 1480. The lowest BCUT2D eigenvalue weighted by atomic mass is 9.93. The number of nitrogen functional groups attached to an aromatic ring is 2. The lowest BCUT2D eigenvalue weighted by molar-refractivity contribution is -0.0332. The monoisotopic (exact) mass is 625 g/mol. The van der Waals surface area contributed by atoms with Gasteiger partial charge in [-0.25, -0.2) is 0 Å². The quantitative estimate of drug-likeness (QED) is 0.307. The molecule has 2 aliphatic heterocycles. The number of carbonyl (C=O) groups is 2. The zero-order valence-corrected chi connectivity index (χ0v) is 25.7. The van der Waals surface area contributed by atoms with Gasteiger partial charge in [0.2, 0.25) is 0 Å². The minimum absolute atomic E-state index is 0.00891. The first-order chi connectivity index (χ1) is 20.7. The number of nitrogens with one attached hydrogen (secondary N) is 1. The molecule has 0 aliphatic carbocycles. The molecule has 3 aromatic rings. The van der Waals surface area contributed by atoms with Crippen molar-refractivity contribution < 1.29 is 19.1 Å². The van der Waals surface area contributed by atoms with E-state index >= 15 is 0 Å². The molecule has 3 aromatic carbocycles.